The van der Waals surface area contributed by atoms with Crippen molar-refractivity contribution < 1.29 is 4.74 Å². The molecule has 3 nitrogen and oxygen atoms in total. The van der Waals surface area contributed by atoms with Gasteiger partial charge in [-0.25, -0.2) is 0 Å². The maximum absolute atomic E-state index is 5.16. The average Bonchev–Trinajstić information content (AvgIpc) is 2.27. The Morgan fingerprint density at radius 2 is 1.88 bits per heavy atom. The molecule has 1 aliphatic heterocycles. The summed E-state index contributed by atoms with van der Waals surface area (Å²) in [5.41, 5.74) is 0.508. The van der Waals surface area contributed by atoms with Gasteiger partial charge in [0.15, 0.2) is 0 Å². The van der Waals surface area contributed by atoms with Gasteiger partial charge in [0.2, 0.25) is 0 Å². The molecule has 3 heteroatoms. The summed E-state index contributed by atoms with van der Waals surface area (Å²) in [4.78, 5) is 2.64. The third-order valence-electron chi connectivity index (χ3n) is 3.66. The van der Waals surface area contributed by atoms with Crippen LogP contribution < -0.4 is 5.32 Å². The van der Waals surface area contributed by atoms with Gasteiger partial charge in [0.25, 0.3) is 0 Å². The highest BCUT2D eigenvalue weighted by Crippen LogP contribution is 2.29. The van der Waals surface area contributed by atoms with Gasteiger partial charge in [0, 0.05) is 37.9 Å². The van der Waals surface area contributed by atoms with Gasteiger partial charge in [-0.05, 0) is 47.1 Å². The SMILES string of the molecule is COCCCN1C(C)(C)CCNCC1(C)C. The van der Waals surface area contributed by atoms with Crippen molar-refractivity contribution >= 4 is 0 Å². The summed E-state index contributed by atoms with van der Waals surface area (Å²) in [5.74, 6) is 0. The molecule has 0 aliphatic carbocycles. The minimum atomic E-state index is 0.230. The molecule has 0 amide bonds. The number of hydrogen-bond donors (Lipinski definition) is 1. The van der Waals surface area contributed by atoms with E-state index < -0.39 is 0 Å². The van der Waals surface area contributed by atoms with Gasteiger partial charge in [-0.3, -0.25) is 4.90 Å². The van der Waals surface area contributed by atoms with Crippen molar-refractivity contribution in [1.29, 1.82) is 0 Å². The lowest BCUT2D eigenvalue weighted by Gasteiger charge is -2.47. The molecule has 1 saturated heterocycles. The van der Waals surface area contributed by atoms with Crippen molar-refractivity contribution in [1.82, 2.24) is 10.2 Å². The molecule has 1 rings (SSSR count). The Morgan fingerprint density at radius 3 is 2.50 bits per heavy atom. The summed E-state index contributed by atoms with van der Waals surface area (Å²) in [5, 5.41) is 3.54. The van der Waals surface area contributed by atoms with Crippen molar-refractivity contribution in [2.24, 2.45) is 0 Å². The molecule has 0 saturated carbocycles. The predicted octanol–water partition coefficient (Wildman–Crippen LogP) is 1.88. The van der Waals surface area contributed by atoms with Gasteiger partial charge in [0.05, 0.1) is 0 Å². The Bertz CT molecular complexity index is 196. The number of rotatable bonds is 4. The molecule has 0 atom stereocenters. The van der Waals surface area contributed by atoms with Crippen LogP contribution in [0.3, 0.4) is 0 Å². The zero-order chi connectivity index (χ0) is 12.2. The van der Waals surface area contributed by atoms with Crippen LogP contribution >= 0.6 is 0 Å². The topological polar surface area (TPSA) is 24.5 Å². The first-order valence-electron chi connectivity index (χ1n) is 6.37. The van der Waals surface area contributed by atoms with Crippen LogP contribution in [-0.4, -0.2) is 49.3 Å². The first kappa shape index (κ1) is 13.9. The van der Waals surface area contributed by atoms with E-state index in [-0.39, 0.29) is 11.1 Å². The van der Waals surface area contributed by atoms with Crippen LogP contribution in [0.2, 0.25) is 0 Å². The summed E-state index contributed by atoms with van der Waals surface area (Å²) in [6.45, 7) is 13.6. The summed E-state index contributed by atoms with van der Waals surface area (Å²) < 4.78 is 5.16. The van der Waals surface area contributed by atoms with Gasteiger partial charge in [0.1, 0.15) is 0 Å². The second-order valence-electron chi connectivity index (χ2n) is 6.05. The quantitative estimate of drug-likeness (QED) is 0.744. The van der Waals surface area contributed by atoms with E-state index in [1.165, 1.54) is 6.42 Å². The molecule has 1 N–H and O–H groups in total. The van der Waals surface area contributed by atoms with Crippen LogP contribution in [-0.2, 0) is 4.74 Å². The lowest BCUT2D eigenvalue weighted by molar-refractivity contribution is 0.0201. The smallest absolute Gasteiger partial charge is 0.0474 e. The van der Waals surface area contributed by atoms with Crippen molar-refractivity contribution in [3.63, 3.8) is 0 Å². The van der Waals surface area contributed by atoms with Crippen molar-refractivity contribution in [2.75, 3.05) is 33.4 Å². The number of nitrogens with zero attached hydrogens (tertiary/aromatic N) is 1. The minimum absolute atomic E-state index is 0.230. The van der Waals surface area contributed by atoms with Gasteiger partial charge in [-0.15, -0.1) is 0 Å². The van der Waals surface area contributed by atoms with E-state index in [1.54, 1.807) is 7.11 Å². The molecule has 96 valence electrons. The molecule has 0 aromatic heterocycles. The van der Waals surface area contributed by atoms with Crippen LogP contribution in [0.4, 0.5) is 0 Å². The number of hydrogen-bond acceptors (Lipinski definition) is 3. The largest absolute Gasteiger partial charge is 0.385 e. The van der Waals surface area contributed by atoms with E-state index in [2.05, 4.69) is 37.9 Å². The maximum atomic E-state index is 5.16. The highest BCUT2D eigenvalue weighted by molar-refractivity contribution is 4.96. The van der Waals surface area contributed by atoms with Crippen LogP contribution in [0, 0.1) is 0 Å². The molecule has 0 spiro atoms. The molecule has 0 bridgehead atoms. The van der Waals surface area contributed by atoms with Crippen LogP contribution in [0.15, 0.2) is 0 Å². The second-order valence-corrected chi connectivity index (χ2v) is 6.05. The Morgan fingerprint density at radius 1 is 1.19 bits per heavy atom. The Hall–Kier alpha value is -0.120. The maximum Gasteiger partial charge on any atom is 0.0474 e. The Labute approximate surface area is 101 Å². The van der Waals surface area contributed by atoms with Gasteiger partial charge < -0.3 is 10.1 Å². The highest BCUT2D eigenvalue weighted by Gasteiger charge is 2.38. The van der Waals surface area contributed by atoms with Crippen molar-refractivity contribution in [2.45, 2.75) is 51.6 Å². The van der Waals surface area contributed by atoms with E-state index in [0.717, 1.165) is 32.7 Å². The molecule has 16 heavy (non-hydrogen) atoms. The van der Waals surface area contributed by atoms with Gasteiger partial charge in [-0.2, -0.15) is 0 Å². The lowest BCUT2D eigenvalue weighted by Crippen LogP contribution is -2.57. The van der Waals surface area contributed by atoms with Crippen LogP contribution in [0.1, 0.15) is 40.5 Å². The first-order valence-corrected chi connectivity index (χ1v) is 6.37. The minimum Gasteiger partial charge on any atom is -0.385 e. The van der Waals surface area contributed by atoms with E-state index in [4.69, 9.17) is 4.74 Å². The van der Waals surface area contributed by atoms with Crippen molar-refractivity contribution in [3.8, 4) is 0 Å². The monoisotopic (exact) mass is 228 g/mol. The van der Waals surface area contributed by atoms with Crippen molar-refractivity contribution in [3.05, 3.63) is 0 Å². The Kier molecular flexibility index (Phi) is 4.77. The molecular weight excluding hydrogens is 200 g/mol. The fourth-order valence-electron chi connectivity index (χ4n) is 2.81. The second kappa shape index (κ2) is 5.48. The van der Waals surface area contributed by atoms with E-state index in [0.29, 0.717) is 0 Å². The first-order chi connectivity index (χ1) is 7.40. The third kappa shape index (κ3) is 3.44. The average molecular weight is 228 g/mol. The summed E-state index contributed by atoms with van der Waals surface area (Å²) in [6.07, 6.45) is 2.33. The standard InChI is InChI=1S/C13H28N2O/c1-12(2)7-8-14-11-13(3,4)15(12)9-6-10-16-5/h14H,6-11H2,1-5H3. The zero-order valence-corrected chi connectivity index (χ0v) is 11.6. The summed E-state index contributed by atoms with van der Waals surface area (Å²) in [7, 11) is 1.78. The lowest BCUT2D eigenvalue weighted by atomic mass is 9.92. The Balaban J connectivity index is 2.69. The molecule has 1 aliphatic rings. The molecular formula is C13H28N2O. The van der Waals surface area contributed by atoms with E-state index >= 15 is 0 Å². The van der Waals surface area contributed by atoms with E-state index in [1.807, 2.05) is 0 Å². The molecule has 1 fully saturated rings. The number of methoxy groups -OCH3 is 1. The molecule has 0 aromatic carbocycles. The van der Waals surface area contributed by atoms with Crippen LogP contribution in [0.25, 0.3) is 0 Å². The summed E-state index contributed by atoms with van der Waals surface area (Å²) >= 11 is 0. The number of ether oxygens (including phenoxy) is 1. The zero-order valence-electron chi connectivity index (χ0n) is 11.6. The fourth-order valence-corrected chi connectivity index (χ4v) is 2.81. The molecule has 0 aromatic rings. The fraction of sp³-hybridized carbons (Fsp3) is 1.00. The van der Waals surface area contributed by atoms with Crippen LogP contribution in [0.5, 0.6) is 0 Å². The molecule has 0 radical (unpaired) electrons. The predicted molar refractivity (Wildman–Crippen MR) is 68.8 cm³/mol. The highest BCUT2D eigenvalue weighted by atomic mass is 16.5. The number of nitrogens with one attached hydrogen (secondary N) is 1. The van der Waals surface area contributed by atoms with E-state index in [9.17, 15) is 0 Å². The van der Waals surface area contributed by atoms with Gasteiger partial charge in [-0.1, -0.05) is 0 Å². The molecule has 1 heterocycles. The van der Waals surface area contributed by atoms with Gasteiger partial charge >= 0.3 is 0 Å². The summed E-state index contributed by atoms with van der Waals surface area (Å²) in [6, 6.07) is 0. The normalized spacial score (nSPS) is 25.3. The molecule has 0 unspecified atom stereocenters. The third-order valence-corrected chi connectivity index (χ3v) is 3.66.